The van der Waals surface area contributed by atoms with Crippen LogP contribution in [-0.4, -0.2) is 24.8 Å². The molecule has 24 heavy (non-hydrogen) atoms. The van der Waals surface area contributed by atoms with Gasteiger partial charge >= 0.3 is 0 Å². The predicted octanol–water partition coefficient (Wildman–Crippen LogP) is 5.19. The van der Waals surface area contributed by atoms with E-state index in [0.29, 0.717) is 5.56 Å². The van der Waals surface area contributed by atoms with Crippen LogP contribution in [0.4, 0.5) is 5.69 Å². The molecule has 0 spiro atoms. The van der Waals surface area contributed by atoms with Crippen molar-refractivity contribution in [2.24, 2.45) is 4.99 Å². The first kappa shape index (κ1) is 18.1. The molecule has 0 saturated carbocycles. The first-order chi connectivity index (χ1) is 11.6. The van der Waals surface area contributed by atoms with Crippen LogP contribution in [0.15, 0.2) is 51.2 Å². The van der Waals surface area contributed by atoms with E-state index in [0.717, 1.165) is 23.5 Å². The minimum absolute atomic E-state index is 0.714. The van der Waals surface area contributed by atoms with Crippen molar-refractivity contribution in [3.63, 3.8) is 0 Å². The molecule has 0 aliphatic heterocycles. The Kier molecular flexibility index (Phi) is 6.45. The second kappa shape index (κ2) is 8.56. The molecule has 0 aromatic heterocycles. The molecule has 0 bridgehead atoms. The van der Waals surface area contributed by atoms with Crippen LogP contribution in [0, 0.1) is 18.3 Å². The highest BCUT2D eigenvalue weighted by Gasteiger charge is 2.09. The molecule has 0 radical (unpaired) electrons. The number of aryl methyl sites for hydroxylation is 2. The number of aliphatic imine (C=N–C) groups is 1. The van der Waals surface area contributed by atoms with E-state index in [4.69, 9.17) is 0 Å². The zero-order valence-electron chi connectivity index (χ0n) is 14.7. The number of hydrogen-bond acceptors (Lipinski definition) is 3. The topological polar surface area (TPSA) is 39.4 Å². The van der Waals surface area contributed by atoms with Crippen molar-refractivity contribution >= 4 is 23.8 Å². The lowest BCUT2D eigenvalue weighted by Gasteiger charge is -2.13. The minimum atomic E-state index is 0.714. The van der Waals surface area contributed by atoms with Gasteiger partial charge < -0.3 is 4.90 Å². The molecule has 0 atom stereocenters. The summed E-state index contributed by atoms with van der Waals surface area (Å²) < 4.78 is 0. The van der Waals surface area contributed by atoms with Crippen LogP contribution in [0.3, 0.4) is 0 Å². The van der Waals surface area contributed by atoms with Gasteiger partial charge in [0.25, 0.3) is 0 Å². The van der Waals surface area contributed by atoms with Gasteiger partial charge in [0.15, 0.2) is 0 Å². The Hall–Kier alpha value is -2.25. The zero-order chi connectivity index (χ0) is 17.5. The van der Waals surface area contributed by atoms with E-state index in [1.165, 1.54) is 16.0 Å². The molecule has 124 valence electrons. The average molecular weight is 337 g/mol. The second-order valence-electron chi connectivity index (χ2n) is 5.63. The maximum Gasteiger partial charge on any atom is 0.100 e. The normalized spacial score (nSPS) is 10.8. The zero-order valence-corrected chi connectivity index (χ0v) is 15.5. The van der Waals surface area contributed by atoms with Gasteiger partial charge in [-0.3, -0.25) is 0 Å². The highest BCUT2D eigenvalue weighted by Crippen LogP contribution is 2.36. The van der Waals surface area contributed by atoms with Crippen molar-refractivity contribution < 1.29 is 0 Å². The van der Waals surface area contributed by atoms with Gasteiger partial charge in [-0.1, -0.05) is 30.8 Å². The molecule has 0 amide bonds. The fourth-order valence-corrected chi connectivity index (χ4v) is 3.27. The van der Waals surface area contributed by atoms with E-state index in [9.17, 15) is 5.26 Å². The lowest BCUT2D eigenvalue weighted by molar-refractivity contribution is 0.552. The summed E-state index contributed by atoms with van der Waals surface area (Å²) in [7, 11) is 2.02. The first-order valence-corrected chi connectivity index (χ1v) is 8.95. The lowest BCUT2D eigenvalue weighted by Crippen LogP contribution is -2.14. The molecule has 0 unspecified atom stereocenters. The van der Waals surface area contributed by atoms with E-state index in [2.05, 4.69) is 48.9 Å². The Balaban J connectivity index is 2.36. The summed E-state index contributed by atoms with van der Waals surface area (Å²) >= 11 is 1.65. The van der Waals surface area contributed by atoms with Gasteiger partial charge in [-0.05, 0) is 55.7 Å². The van der Waals surface area contributed by atoms with E-state index in [-0.39, 0.29) is 0 Å². The van der Waals surface area contributed by atoms with E-state index < -0.39 is 0 Å². The maximum absolute atomic E-state index is 9.27. The van der Waals surface area contributed by atoms with Gasteiger partial charge in [-0.15, -0.1) is 0 Å². The van der Waals surface area contributed by atoms with Crippen molar-refractivity contribution in [1.82, 2.24) is 4.90 Å². The Morgan fingerprint density at radius 2 is 1.96 bits per heavy atom. The Bertz CT molecular complexity index is 775. The molecule has 0 aliphatic rings. The number of hydrogen-bond donors (Lipinski definition) is 0. The molecular formula is C20H23N3S. The largest absolute Gasteiger partial charge is 0.366 e. The standard InChI is InChI=1S/C20H23N3S/c1-5-16-12-20(24-19-10-8-7-9-17(19)13-21)15(3)11-18(16)22-14-23(4)6-2/h7-12,14H,5-6H2,1-4H3. The molecule has 2 aromatic rings. The van der Waals surface area contributed by atoms with Crippen molar-refractivity contribution in [2.45, 2.75) is 37.0 Å². The van der Waals surface area contributed by atoms with Crippen molar-refractivity contribution in [3.8, 4) is 6.07 Å². The van der Waals surface area contributed by atoms with Crippen LogP contribution in [0.2, 0.25) is 0 Å². The van der Waals surface area contributed by atoms with Crippen molar-refractivity contribution in [1.29, 1.82) is 5.26 Å². The third kappa shape index (κ3) is 4.39. The van der Waals surface area contributed by atoms with Crippen LogP contribution in [0.5, 0.6) is 0 Å². The first-order valence-electron chi connectivity index (χ1n) is 8.14. The summed E-state index contributed by atoms with van der Waals surface area (Å²) in [4.78, 5) is 8.86. The summed E-state index contributed by atoms with van der Waals surface area (Å²) in [5.41, 5.74) is 4.13. The fraction of sp³-hybridized carbons (Fsp3) is 0.300. The van der Waals surface area contributed by atoms with Crippen LogP contribution in [0.25, 0.3) is 0 Å². The molecule has 2 rings (SSSR count). The maximum atomic E-state index is 9.27. The lowest BCUT2D eigenvalue weighted by atomic mass is 10.1. The van der Waals surface area contributed by atoms with Crippen LogP contribution in [-0.2, 0) is 6.42 Å². The number of nitrogens with zero attached hydrogens (tertiary/aromatic N) is 3. The highest BCUT2D eigenvalue weighted by atomic mass is 32.2. The van der Waals surface area contributed by atoms with Gasteiger partial charge in [-0.2, -0.15) is 5.26 Å². The van der Waals surface area contributed by atoms with Crippen LogP contribution >= 0.6 is 11.8 Å². The van der Waals surface area contributed by atoms with Crippen LogP contribution < -0.4 is 0 Å². The molecule has 0 aliphatic carbocycles. The third-order valence-electron chi connectivity index (χ3n) is 3.88. The monoisotopic (exact) mass is 337 g/mol. The number of rotatable bonds is 6. The van der Waals surface area contributed by atoms with Crippen LogP contribution in [0.1, 0.15) is 30.5 Å². The van der Waals surface area contributed by atoms with Gasteiger partial charge in [0.1, 0.15) is 6.07 Å². The van der Waals surface area contributed by atoms with E-state index in [1.807, 2.05) is 37.7 Å². The molecule has 0 fully saturated rings. The summed E-state index contributed by atoms with van der Waals surface area (Å²) in [6, 6.07) is 14.3. The summed E-state index contributed by atoms with van der Waals surface area (Å²) in [5.74, 6) is 0. The van der Waals surface area contributed by atoms with Gasteiger partial charge in [0.2, 0.25) is 0 Å². The molecule has 2 aromatic carbocycles. The van der Waals surface area contributed by atoms with E-state index >= 15 is 0 Å². The molecule has 0 N–H and O–H groups in total. The Morgan fingerprint density at radius 1 is 1.21 bits per heavy atom. The fourth-order valence-electron chi connectivity index (χ4n) is 2.24. The molecule has 0 heterocycles. The smallest absolute Gasteiger partial charge is 0.100 e. The average Bonchev–Trinajstić information content (AvgIpc) is 2.61. The molecule has 4 heteroatoms. The molecule has 0 saturated heterocycles. The third-order valence-corrected chi connectivity index (χ3v) is 5.11. The highest BCUT2D eigenvalue weighted by molar-refractivity contribution is 7.99. The van der Waals surface area contributed by atoms with Gasteiger partial charge in [0.05, 0.1) is 17.6 Å². The SMILES string of the molecule is CCc1cc(Sc2ccccc2C#N)c(C)cc1N=CN(C)CC. The molecule has 3 nitrogen and oxygen atoms in total. The molecular weight excluding hydrogens is 314 g/mol. The van der Waals surface area contributed by atoms with Gasteiger partial charge in [-0.25, -0.2) is 4.99 Å². The van der Waals surface area contributed by atoms with Gasteiger partial charge in [0, 0.05) is 23.4 Å². The Labute approximate surface area is 149 Å². The second-order valence-corrected chi connectivity index (χ2v) is 6.71. The quantitative estimate of drug-likeness (QED) is 0.538. The summed E-state index contributed by atoms with van der Waals surface area (Å²) in [5, 5.41) is 9.27. The van der Waals surface area contributed by atoms with E-state index in [1.54, 1.807) is 11.8 Å². The minimum Gasteiger partial charge on any atom is -0.366 e. The summed E-state index contributed by atoms with van der Waals surface area (Å²) in [6.07, 6.45) is 2.81. The number of nitriles is 1. The van der Waals surface area contributed by atoms with Crippen molar-refractivity contribution in [3.05, 3.63) is 53.1 Å². The Morgan fingerprint density at radius 3 is 2.62 bits per heavy atom. The predicted molar refractivity (Wildman–Crippen MR) is 102 cm³/mol. The van der Waals surface area contributed by atoms with Crippen molar-refractivity contribution in [2.75, 3.05) is 13.6 Å². The number of benzene rings is 2. The summed E-state index contributed by atoms with van der Waals surface area (Å²) in [6.45, 7) is 7.28.